The van der Waals surface area contributed by atoms with E-state index < -0.39 is 5.60 Å². The Morgan fingerprint density at radius 2 is 2.09 bits per heavy atom. The fourth-order valence-corrected chi connectivity index (χ4v) is 3.63. The van der Waals surface area contributed by atoms with Gasteiger partial charge in [-0.3, -0.25) is 9.59 Å². The van der Waals surface area contributed by atoms with E-state index in [2.05, 4.69) is 10.6 Å². The Morgan fingerprint density at radius 1 is 1.39 bits per heavy atom. The van der Waals surface area contributed by atoms with Gasteiger partial charge in [-0.15, -0.1) is 0 Å². The first-order chi connectivity index (χ1) is 11.1. The summed E-state index contributed by atoms with van der Waals surface area (Å²) in [5.74, 6) is -0.334. The average molecular weight is 317 g/mol. The molecule has 124 valence electrons. The normalized spacial score (nSPS) is 24.6. The van der Waals surface area contributed by atoms with Crippen molar-refractivity contribution in [2.45, 2.75) is 30.9 Å². The third-order valence-corrected chi connectivity index (χ3v) is 4.87. The first kappa shape index (κ1) is 16.0. The summed E-state index contributed by atoms with van der Waals surface area (Å²) in [4.78, 5) is 27.1. The van der Waals surface area contributed by atoms with E-state index in [-0.39, 0.29) is 24.3 Å². The molecule has 6 nitrogen and oxygen atoms in total. The van der Waals surface area contributed by atoms with Gasteiger partial charge in [-0.2, -0.15) is 0 Å². The van der Waals surface area contributed by atoms with Gasteiger partial charge in [-0.1, -0.05) is 18.2 Å². The van der Waals surface area contributed by atoms with Crippen molar-refractivity contribution in [1.82, 2.24) is 10.6 Å². The molecular formula is C17H23N3O3. The third-order valence-electron chi connectivity index (χ3n) is 4.87. The number of ether oxygens (including phenoxy) is 1. The van der Waals surface area contributed by atoms with Crippen LogP contribution in [-0.2, 0) is 19.9 Å². The molecule has 2 aliphatic rings. The number of fused-ring (bicyclic) bond motifs is 1. The number of nitrogens with zero attached hydrogens (tertiary/aromatic N) is 1. The number of para-hydroxylation sites is 1. The second-order valence-corrected chi connectivity index (χ2v) is 6.05. The number of piperidine rings is 1. The zero-order chi connectivity index (χ0) is 16.4. The number of benzene rings is 1. The number of amides is 2. The van der Waals surface area contributed by atoms with Crippen LogP contribution in [0.2, 0.25) is 0 Å². The molecule has 0 spiro atoms. The van der Waals surface area contributed by atoms with Crippen LogP contribution in [0, 0.1) is 0 Å². The smallest absolute Gasteiger partial charge is 0.264 e. The maximum absolute atomic E-state index is 13.3. The SMILES string of the molecule is CNC(=O)CC1(OC)C(=O)N(C2CCNCC2)c2ccccc21. The minimum atomic E-state index is -1.22. The van der Waals surface area contributed by atoms with Gasteiger partial charge in [-0.25, -0.2) is 0 Å². The van der Waals surface area contributed by atoms with Crippen LogP contribution in [0.15, 0.2) is 24.3 Å². The molecule has 0 radical (unpaired) electrons. The molecule has 1 fully saturated rings. The molecule has 1 aromatic rings. The molecule has 2 N–H and O–H groups in total. The molecule has 0 saturated carbocycles. The fourth-order valence-electron chi connectivity index (χ4n) is 3.63. The van der Waals surface area contributed by atoms with Crippen LogP contribution in [0.4, 0.5) is 5.69 Å². The molecule has 0 aliphatic carbocycles. The number of hydrogen-bond acceptors (Lipinski definition) is 4. The van der Waals surface area contributed by atoms with E-state index in [0.717, 1.165) is 37.2 Å². The van der Waals surface area contributed by atoms with Crippen molar-refractivity contribution in [2.24, 2.45) is 0 Å². The molecule has 1 atom stereocenters. The zero-order valence-corrected chi connectivity index (χ0v) is 13.6. The fraction of sp³-hybridized carbons (Fsp3) is 0.529. The molecule has 1 aromatic carbocycles. The Labute approximate surface area is 136 Å². The highest BCUT2D eigenvalue weighted by atomic mass is 16.5. The summed E-state index contributed by atoms with van der Waals surface area (Å²) in [7, 11) is 3.07. The Kier molecular flexibility index (Phi) is 4.37. The van der Waals surface area contributed by atoms with Crippen LogP contribution in [0.5, 0.6) is 0 Å². The third kappa shape index (κ3) is 2.52. The van der Waals surface area contributed by atoms with Gasteiger partial charge in [0.25, 0.3) is 5.91 Å². The monoisotopic (exact) mass is 317 g/mol. The average Bonchev–Trinajstić information content (AvgIpc) is 2.84. The molecule has 6 heteroatoms. The van der Waals surface area contributed by atoms with Crippen LogP contribution >= 0.6 is 0 Å². The van der Waals surface area contributed by atoms with Crippen LogP contribution in [0.1, 0.15) is 24.8 Å². The van der Waals surface area contributed by atoms with Gasteiger partial charge < -0.3 is 20.3 Å². The Balaban J connectivity index is 2.04. The molecule has 2 heterocycles. The van der Waals surface area contributed by atoms with Gasteiger partial charge in [0, 0.05) is 25.8 Å². The Hall–Kier alpha value is -1.92. The highest BCUT2D eigenvalue weighted by molar-refractivity contribution is 6.09. The largest absolute Gasteiger partial charge is 0.363 e. The van der Waals surface area contributed by atoms with E-state index in [1.807, 2.05) is 29.2 Å². The predicted molar refractivity (Wildman–Crippen MR) is 87.2 cm³/mol. The van der Waals surface area contributed by atoms with Crippen molar-refractivity contribution < 1.29 is 14.3 Å². The number of carbonyl (C=O) groups is 2. The maximum Gasteiger partial charge on any atom is 0.264 e. The van der Waals surface area contributed by atoms with Crippen molar-refractivity contribution in [3.63, 3.8) is 0 Å². The lowest BCUT2D eigenvalue weighted by Gasteiger charge is -2.33. The standard InChI is InChI=1S/C17H23N3O3/c1-18-15(21)11-17(23-2)13-5-3-4-6-14(13)20(16(17)22)12-7-9-19-10-8-12/h3-6,12,19H,7-11H2,1-2H3,(H,18,21). The number of nitrogens with one attached hydrogen (secondary N) is 2. The van der Waals surface area contributed by atoms with E-state index in [0.29, 0.717) is 0 Å². The summed E-state index contributed by atoms with van der Waals surface area (Å²) in [5.41, 5.74) is 0.437. The van der Waals surface area contributed by atoms with Crippen molar-refractivity contribution in [3.05, 3.63) is 29.8 Å². The van der Waals surface area contributed by atoms with E-state index in [1.165, 1.54) is 7.11 Å². The van der Waals surface area contributed by atoms with Crippen LogP contribution in [0.3, 0.4) is 0 Å². The van der Waals surface area contributed by atoms with Crippen molar-refractivity contribution >= 4 is 17.5 Å². The minimum absolute atomic E-state index is 0.00266. The summed E-state index contributed by atoms with van der Waals surface area (Å²) >= 11 is 0. The maximum atomic E-state index is 13.3. The van der Waals surface area contributed by atoms with Crippen molar-refractivity contribution in [3.8, 4) is 0 Å². The second-order valence-electron chi connectivity index (χ2n) is 6.05. The molecule has 0 aromatic heterocycles. The summed E-state index contributed by atoms with van der Waals surface area (Å²) in [6.45, 7) is 1.79. The molecule has 2 aliphatic heterocycles. The lowest BCUT2D eigenvalue weighted by atomic mass is 9.91. The van der Waals surface area contributed by atoms with Crippen molar-refractivity contribution in [2.75, 3.05) is 32.1 Å². The van der Waals surface area contributed by atoms with Gasteiger partial charge >= 0.3 is 0 Å². The molecule has 3 rings (SSSR count). The topological polar surface area (TPSA) is 70.7 Å². The molecule has 0 bridgehead atoms. The molecule has 1 saturated heterocycles. The molecule has 23 heavy (non-hydrogen) atoms. The second kappa shape index (κ2) is 6.29. The lowest BCUT2D eigenvalue weighted by Crippen LogP contribution is -2.50. The first-order valence-corrected chi connectivity index (χ1v) is 8.03. The molecule has 1 unspecified atom stereocenters. The van der Waals surface area contributed by atoms with Gasteiger partial charge in [0.05, 0.1) is 12.1 Å². The first-order valence-electron chi connectivity index (χ1n) is 8.03. The van der Waals surface area contributed by atoms with Crippen LogP contribution in [0.25, 0.3) is 0 Å². The van der Waals surface area contributed by atoms with Gasteiger partial charge in [0.2, 0.25) is 5.91 Å². The number of hydrogen-bond donors (Lipinski definition) is 2. The van der Waals surface area contributed by atoms with Crippen LogP contribution in [-0.4, -0.2) is 45.1 Å². The van der Waals surface area contributed by atoms with Gasteiger partial charge in [0.15, 0.2) is 5.60 Å². The van der Waals surface area contributed by atoms with Gasteiger partial charge in [-0.05, 0) is 32.0 Å². The van der Waals surface area contributed by atoms with E-state index in [1.54, 1.807) is 7.05 Å². The zero-order valence-electron chi connectivity index (χ0n) is 13.6. The highest BCUT2D eigenvalue weighted by Gasteiger charge is 2.54. The predicted octanol–water partition coefficient (Wildman–Crippen LogP) is 0.763. The van der Waals surface area contributed by atoms with Crippen molar-refractivity contribution in [1.29, 1.82) is 0 Å². The molecular weight excluding hydrogens is 294 g/mol. The number of methoxy groups -OCH3 is 1. The summed E-state index contributed by atoms with van der Waals surface area (Å²) in [6, 6.07) is 7.79. The van der Waals surface area contributed by atoms with E-state index in [9.17, 15) is 9.59 Å². The lowest BCUT2D eigenvalue weighted by molar-refractivity contribution is -0.146. The van der Waals surface area contributed by atoms with Crippen LogP contribution < -0.4 is 15.5 Å². The highest BCUT2D eigenvalue weighted by Crippen LogP contribution is 2.46. The minimum Gasteiger partial charge on any atom is -0.363 e. The summed E-state index contributed by atoms with van der Waals surface area (Å²) in [6.07, 6.45) is 1.80. The van der Waals surface area contributed by atoms with E-state index in [4.69, 9.17) is 4.74 Å². The number of carbonyl (C=O) groups excluding carboxylic acids is 2. The number of anilines is 1. The summed E-state index contributed by atoms with van der Waals surface area (Å²) in [5, 5.41) is 5.92. The summed E-state index contributed by atoms with van der Waals surface area (Å²) < 4.78 is 5.66. The molecule has 2 amide bonds. The Morgan fingerprint density at radius 3 is 2.74 bits per heavy atom. The Bertz CT molecular complexity index is 613. The quantitative estimate of drug-likeness (QED) is 0.860. The van der Waals surface area contributed by atoms with Gasteiger partial charge in [0.1, 0.15) is 0 Å². The van der Waals surface area contributed by atoms with E-state index >= 15 is 0 Å². The number of rotatable bonds is 4.